The normalized spacial score (nSPS) is 13.5. The molecule has 164 valence electrons. The largest absolute Gasteiger partial charge is 0.496 e. The SMILES string of the molecule is CCC(=O)N1CCN(c2ccc(NC(=S)NC(=O)c3cccc(C)c3OC)cc2)CC1. The highest BCUT2D eigenvalue weighted by Gasteiger charge is 2.20. The summed E-state index contributed by atoms with van der Waals surface area (Å²) in [4.78, 5) is 28.6. The van der Waals surface area contributed by atoms with Gasteiger partial charge in [-0.2, -0.15) is 0 Å². The number of ether oxygens (including phenoxy) is 1. The molecule has 0 saturated carbocycles. The second kappa shape index (κ2) is 10.3. The number of amides is 2. The van der Waals surface area contributed by atoms with E-state index in [2.05, 4.69) is 15.5 Å². The van der Waals surface area contributed by atoms with Gasteiger partial charge < -0.3 is 19.9 Å². The topological polar surface area (TPSA) is 73.9 Å². The number of aryl methyl sites for hydroxylation is 1. The maximum absolute atomic E-state index is 12.6. The molecule has 3 rings (SSSR count). The summed E-state index contributed by atoms with van der Waals surface area (Å²) in [6, 6.07) is 13.2. The molecule has 8 heteroatoms. The third-order valence-electron chi connectivity index (χ3n) is 5.31. The van der Waals surface area contributed by atoms with E-state index >= 15 is 0 Å². The van der Waals surface area contributed by atoms with Gasteiger partial charge in [-0.25, -0.2) is 0 Å². The molecule has 1 heterocycles. The molecule has 2 aromatic rings. The van der Waals surface area contributed by atoms with Gasteiger partial charge in [0.25, 0.3) is 5.91 Å². The Hall–Kier alpha value is -3.13. The van der Waals surface area contributed by atoms with Crippen molar-refractivity contribution in [1.82, 2.24) is 10.2 Å². The molecule has 0 unspecified atom stereocenters. The van der Waals surface area contributed by atoms with E-state index in [0.29, 0.717) is 17.7 Å². The van der Waals surface area contributed by atoms with Gasteiger partial charge in [0.1, 0.15) is 5.75 Å². The molecule has 1 aliphatic heterocycles. The Bertz CT molecular complexity index is 954. The number of thiocarbonyl (C=S) groups is 1. The summed E-state index contributed by atoms with van der Waals surface area (Å²) < 4.78 is 5.34. The van der Waals surface area contributed by atoms with E-state index in [4.69, 9.17) is 17.0 Å². The van der Waals surface area contributed by atoms with Gasteiger partial charge in [0, 0.05) is 44.0 Å². The molecule has 0 radical (unpaired) electrons. The Balaban J connectivity index is 1.55. The molecule has 31 heavy (non-hydrogen) atoms. The first-order valence-electron chi connectivity index (χ1n) is 10.3. The lowest BCUT2D eigenvalue weighted by atomic mass is 10.1. The molecular formula is C23H28N4O3S. The molecule has 7 nitrogen and oxygen atoms in total. The van der Waals surface area contributed by atoms with Gasteiger partial charge in [-0.1, -0.05) is 19.1 Å². The highest BCUT2D eigenvalue weighted by Crippen LogP contribution is 2.23. The number of rotatable bonds is 5. The van der Waals surface area contributed by atoms with Crippen LogP contribution in [0.25, 0.3) is 0 Å². The molecule has 2 aromatic carbocycles. The van der Waals surface area contributed by atoms with Crippen molar-refractivity contribution in [3.05, 3.63) is 53.6 Å². The second-order valence-electron chi connectivity index (χ2n) is 7.33. The van der Waals surface area contributed by atoms with Gasteiger partial charge in [0.15, 0.2) is 5.11 Å². The monoisotopic (exact) mass is 440 g/mol. The molecular weight excluding hydrogens is 412 g/mol. The van der Waals surface area contributed by atoms with Gasteiger partial charge >= 0.3 is 0 Å². The van der Waals surface area contributed by atoms with E-state index in [1.807, 2.05) is 49.1 Å². The quantitative estimate of drug-likeness (QED) is 0.696. The summed E-state index contributed by atoms with van der Waals surface area (Å²) >= 11 is 5.30. The van der Waals surface area contributed by atoms with Crippen LogP contribution in [0.3, 0.4) is 0 Å². The van der Waals surface area contributed by atoms with Gasteiger partial charge in [0.2, 0.25) is 5.91 Å². The average molecular weight is 441 g/mol. The van der Waals surface area contributed by atoms with Crippen molar-refractivity contribution in [2.24, 2.45) is 0 Å². The van der Waals surface area contributed by atoms with Crippen LogP contribution in [0.15, 0.2) is 42.5 Å². The van der Waals surface area contributed by atoms with E-state index in [1.165, 1.54) is 0 Å². The number of nitrogens with one attached hydrogen (secondary N) is 2. The summed E-state index contributed by atoms with van der Waals surface area (Å²) in [5.74, 6) is 0.417. The zero-order valence-electron chi connectivity index (χ0n) is 18.1. The van der Waals surface area contributed by atoms with E-state index in [-0.39, 0.29) is 16.9 Å². The fourth-order valence-electron chi connectivity index (χ4n) is 3.63. The van der Waals surface area contributed by atoms with Crippen LogP contribution in [0.2, 0.25) is 0 Å². The summed E-state index contributed by atoms with van der Waals surface area (Å²) in [7, 11) is 1.54. The number of methoxy groups -OCH3 is 1. The minimum Gasteiger partial charge on any atom is -0.496 e. The van der Waals surface area contributed by atoms with Crippen LogP contribution in [-0.4, -0.2) is 55.1 Å². The van der Waals surface area contributed by atoms with Crippen molar-refractivity contribution in [3.63, 3.8) is 0 Å². The number of carbonyl (C=O) groups excluding carboxylic acids is 2. The van der Waals surface area contributed by atoms with Crippen LogP contribution in [-0.2, 0) is 4.79 Å². The maximum Gasteiger partial charge on any atom is 0.261 e. The number of para-hydroxylation sites is 1. The Morgan fingerprint density at radius 1 is 1.06 bits per heavy atom. The molecule has 0 spiro atoms. The highest BCUT2D eigenvalue weighted by atomic mass is 32.1. The van der Waals surface area contributed by atoms with Crippen molar-refractivity contribution >= 4 is 40.5 Å². The van der Waals surface area contributed by atoms with Crippen molar-refractivity contribution in [2.75, 3.05) is 43.5 Å². The van der Waals surface area contributed by atoms with Crippen LogP contribution in [0.1, 0.15) is 29.3 Å². The molecule has 0 aliphatic carbocycles. The number of nitrogens with zero attached hydrogens (tertiary/aromatic N) is 2. The van der Waals surface area contributed by atoms with Gasteiger partial charge in [-0.15, -0.1) is 0 Å². The third-order valence-corrected chi connectivity index (χ3v) is 5.52. The first kappa shape index (κ1) is 22.6. The third kappa shape index (κ3) is 5.52. The Morgan fingerprint density at radius 3 is 2.35 bits per heavy atom. The summed E-state index contributed by atoms with van der Waals surface area (Å²) in [5, 5.41) is 5.96. The molecule has 0 bridgehead atoms. The first-order chi connectivity index (χ1) is 14.9. The lowest BCUT2D eigenvalue weighted by Crippen LogP contribution is -2.48. The Kier molecular flexibility index (Phi) is 7.46. The smallest absolute Gasteiger partial charge is 0.261 e. The highest BCUT2D eigenvalue weighted by molar-refractivity contribution is 7.80. The number of hydrogen-bond donors (Lipinski definition) is 2. The minimum atomic E-state index is -0.325. The zero-order valence-corrected chi connectivity index (χ0v) is 18.9. The molecule has 1 saturated heterocycles. The Labute approximate surface area is 188 Å². The molecule has 1 fully saturated rings. The van der Waals surface area contributed by atoms with E-state index < -0.39 is 0 Å². The molecule has 0 atom stereocenters. The number of anilines is 2. The Morgan fingerprint density at radius 2 is 1.74 bits per heavy atom. The van der Waals surface area contributed by atoms with Crippen molar-refractivity contribution in [3.8, 4) is 5.75 Å². The van der Waals surface area contributed by atoms with Crippen LogP contribution in [0, 0.1) is 6.92 Å². The van der Waals surface area contributed by atoms with Crippen LogP contribution in [0.4, 0.5) is 11.4 Å². The minimum absolute atomic E-state index is 0.207. The zero-order chi connectivity index (χ0) is 22.4. The number of hydrogen-bond acceptors (Lipinski definition) is 5. The number of carbonyl (C=O) groups is 2. The summed E-state index contributed by atoms with van der Waals surface area (Å²) in [6.45, 7) is 6.88. The van der Waals surface area contributed by atoms with E-state index in [9.17, 15) is 9.59 Å². The molecule has 2 amide bonds. The maximum atomic E-state index is 12.6. The van der Waals surface area contributed by atoms with Crippen molar-refractivity contribution in [1.29, 1.82) is 0 Å². The molecule has 2 N–H and O–H groups in total. The van der Waals surface area contributed by atoms with Crippen LogP contribution in [0.5, 0.6) is 5.75 Å². The molecule has 1 aliphatic rings. The van der Waals surface area contributed by atoms with E-state index in [1.54, 1.807) is 19.2 Å². The fourth-order valence-corrected chi connectivity index (χ4v) is 3.84. The van der Waals surface area contributed by atoms with Gasteiger partial charge in [-0.05, 0) is 55.0 Å². The van der Waals surface area contributed by atoms with Crippen molar-refractivity contribution in [2.45, 2.75) is 20.3 Å². The fraction of sp³-hybridized carbons (Fsp3) is 0.348. The van der Waals surface area contributed by atoms with Crippen LogP contribution >= 0.6 is 12.2 Å². The molecule has 0 aromatic heterocycles. The standard InChI is InChI=1S/C23H28N4O3S/c1-4-20(28)27-14-12-26(13-15-27)18-10-8-17(9-11-18)24-23(31)25-22(29)19-7-5-6-16(2)21(19)30-3/h5-11H,4,12-15H2,1-3H3,(H2,24,25,29,31). The van der Waals surface area contributed by atoms with Gasteiger partial charge in [0.05, 0.1) is 12.7 Å². The lowest BCUT2D eigenvalue weighted by molar-refractivity contribution is -0.131. The summed E-state index contributed by atoms with van der Waals surface area (Å²) in [6.07, 6.45) is 0.549. The van der Waals surface area contributed by atoms with Gasteiger partial charge in [-0.3, -0.25) is 14.9 Å². The predicted molar refractivity (Wildman–Crippen MR) is 127 cm³/mol. The van der Waals surface area contributed by atoms with E-state index in [0.717, 1.165) is 43.1 Å². The van der Waals surface area contributed by atoms with Crippen molar-refractivity contribution < 1.29 is 14.3 Å². The predicted octanol–water partition coefficient (Wildman–Crippen LogP) is 3.19. The average Bonchev–Trinajstić information content (AvgIpc) is 2.79. The van der Waals surface area contributed by atoms with Crippen LogP contribution < -0.4 is 20.3 Å². The number of piperazine rings is 1. The lowest BCUT2D eigenvalue weighted by Gasteiger charge is -2.36. The summed E-state index contributed by atoms with van der Waals surface area (Å²) in [5.41, 5.74) is 3.19. The first-order valence-corrected chi connectivity index (χ1v) is 10.7. The second-order valence-corrected chi connectivity index (χ2v) is 7.74. The number of benzene rings is 2.